The molecule has 9 unspecified atom stereocenters. The highest BCUT2D eigenvalue weighted by atomic mass is 35.5. The molecule has 0 spiro atoms. The molecular formula is C58H45Cl2N7O19. The first kappa shape index (κ1) is 57.3. The van der Waals surface area contributed by atoms with E-state index in [2.05, 4.69) is 31.9 Å². The van der Waals surface area contributed by atoms with Crippen LogP contribution >= 0.6 is 23.2 Å². The van der Waals surface area contributed by atoms with E-state index in [-0.39, 0.29) is 55.3 Å². The Labute approximate surface area is 492 Å². The number of hydrogen-bond donors (Lipinski definition) is 16. The topological polar surface area (TPSA) is 427 Å². The van der Waals surface area contributed by atoms with E-state index >= 15 is 14.4 Å². The Hall–Kier alpha value is -10.5. The summed E-state index contributed by atoms with van der Waals surface area (Å²) >= 11 is 13.6. The lowest BCUT2D eigenvalue weighted by Gasteiger charge is -2.31. The number of carbonyl (C=O) groups is 7. The van der Waals surface area contributed by atoms with Crippen LogP contribution in [-0.4, -0.2) is 99.5 Å². The quantitative estimate of drug-likeness (QED) is 0.108. The summed E-state index contributed by atoms with van der Waals surface area (Å²) in [6.45, 7) is 0. The van der Waals surface area contributed by atoms with Crippen molar-refractivity contribution >= 4 is 64.6 Å². The summed E-state index contributed by atoms with van der Waals surface area (Å²) in [6.07, 6.45) is -4.20. The highest BCUT2D eigenvalue weighted by molar-refractivity contribution is 6.32. The van der Waals surface area contributed by atoms with Crippen molar-refractivity contribution in [1.29, 1.82) is 0 Å². The number of carboxylic acids is 1. The van der Waals surface area contributed by atoms with Gasteiger partial charge in [-0.2, -0.15) is 0 Å². The Morgan fingerprint density at radius 3 is 1.56 bits per heavy atom. The average molecular weight is 1210 g/mol. The van der Waals surface area contributed by atoms with Gasteiger partial charge in [-0.3, -0.25) is 28.8 Å². The number of hydrogen-bond acceptors (Lipinski definition) is 19. The molecule has 0 aliphatic carbocycles. The smallest absolute Gasteiger partial charge is 0.330 e. The van der Waals surface area contributed by atoms with Crippen LogP contribution in [0.4, 0.5) is 0 Å². The fraction of sp³-hybridized carbons (Fsp3) is 0.155. The highest BCUT2D eigenvalue weighted by Gasteiger charge is 2.43. The number of aliphatic hydroxyl groups excluding tert-OH is 2. The number of phenolic OH excluding ortho intramolecular Hbond substituents is 6. The molecule has 17 N–H and O–H groups in total. The van der Waals surface area contributed by atoms with Gasteiger partial charge in [0.15, 0.2) is 29.0 Å². The van der Waals surface area contributed by atoms with E-state index in [0.717, 1.165) is 78.9 Å². The van der Waals surface area contributed by atoms with Crippen molar-refractivity contribution in [3.05, 3.63) is 164 Å². The lowest BCUT2D eigenvalue weighted by molar-refractivity contribution is -0.143. The van der Waals surface area contributed by atoms with Gasteiger partial charge in [-0.05, 0) is 106 Å². The summed E-state index contributed by atoms with van der Waals surface area (Å²) in [5.41, 5.74) is 3.10. The Kier molecular flexibility index (Phi) is 14.8. The van der Waals surface area contributed by atoms with Crippen molar-refractivity contribution in [2.24, 2.45) is 5.73 Å². The number of aliphatic hydroxyl groups is 2. The number of halogens is 2. The highest BCUT2D eigenvalue weighted by Crippen LogP contribution is 2.49. The molecule has 13 rings (SSSR count). The predicted molar refractivity (Wildman–Crippen MR) is 296 cm³/mol. The minimum absolute atomic E-state index is 0.0305. The molecule has 28 heteroatoms. The number of fused-ring (bicyclic) bond motifs is 13. The zero-order valence-electron chi connectivity index (χ0n) is 43.6. The van der Waals surface area contributed by atoms with Gasteiger partial charge in [0.1, 0.15) is 88.7 Å². The van der Waals surface area contributed by atoms with E-state index in [4.69, 9.17) is 43.1 Å². The molecule has 9 atom stereocenters. The lowest BCUT2D eigenvalue weighted by atomic mass is 9.87. The van der Waals surface area contributed by atoms with Crippen LogP contribution in [0.25, 0.3) is 11.1 Å². The molecule has 0 fully saturated rings. The fourth-order valence-electron chi connectivity index (χ4n) is 10.4. The van der Waals surface area contributed by atoms with Crippen molar-refractivity contribution in [3.63, 3.8) is 0 Å². The van der Waals surface area contributed by atoms with Gasteiger partial charge in [-0.1, -0.05) is 53.5 Å². The number of rotatable bonds is 1. The van der Waals surface area contributed by atoms with Crippen LogP contribution in [0.15, 0.2) is 115 Å². The molecule has 0 saturated heterocycles. The molecule has 0 saturated carbocycles. The summed E-state index contributed by atoms with van der Waals surface area (Å²) < 4.78 is 18.3. The van der Waals surface area contributed by atoms with Crippen LogP contribution in [0.5, 0.6) is 69.0 Å². The van der Waals surface area contributed by atoms with Gasteiger partial charge in [0.2, 0.25) is 41.2 Å². The molecule has 440 valence electrons. The van der Waals surface area contributed by atoms with Crippen molar-refractivity contribution in [2.45, 2.75) is 54.5 Å². The first-order valence-corrected chi connectivity index (χ1v) is 26.4. The number of amides is 6. The van der Waals surface area contributed by atoms with Crippen molar-refractivity contribution < 1.29 is 93.7 Å². The Morgan fingerprint density at radius 2 is 0.953 bits per heavy atom. The minimum Gasteiger partial charge on any atom is -0.508 e. The maximum atomic E-state index is 15.8. The van der Waals surface area contributed by atoms with E-state index in [1.807, 2.05) is 0 Å². The number of phenols is 6. The van der Waals surface area contributed by atoms with Crippen molar-refractivity contribution in [3.8, 4) is 80.1 Å². The zero-order valence-corrected chi connectivity index (χ0v) is 45.1. The number of carboxylic acid groups (broad SMARTS) is 1. The third kappa shape index (κ3) is 10.6. The maximum absolute atomic E-state index is 15.8. The predicted octanol–water partition coefficient (Wildman–Crippen LogP) is 4.48. The van der Waals surface area contributed by atoms with Gasteiger partial charge in [-0.25, -0.2) is 4.79 Å². The Bertz CT molecular complexity index is 4070. The standard InChI is InChI=1S/C58H45Cl2N7O19/c59-30-12-21-5-8-35(30)85-38-15-24-16-39(51(38)75)86-36-9-6-22(13-31(36)60)50(74)48-57(81)65-46(58(82)83)29-18-26(69)19-34(72)41(29)40-28(2-1-3-33(40)71)45(55(79)67-48)64-54(78)44(24)62-53(77)43-23-10-25(68)17-27(11-23)84-37-14-20(4-7-32(37)70)42(61)52(76)66-47(49(21)73)56(80)63-43/h1-19,42-50,68-75H,61H2,(H,62,77)(H,63,80)(H,64,78)(H,65,81)(H,66,76)(H,67,79)(H,82,83). The first-order valence-electron chi connectivity index (χ1n) is 25.6. The van der Waals surface area contributed by atoms with Gasteiger partial charge in [-0.15, -0.1) is 0 Å². The van der Waals surface area contributed by atoms with Crippen LogP contribution in [-0.2, 0) is 33.6 Å². The molecule has 7 aromatic carbocycles. The number of aliphatic carboxylic acids is 1. The number of benzene rings is 7. The molecule has 6 heterocycles. The number of nitrogens with two attached hydrogens (primary N) is 1. The second-order valence-corrected chi connectivity index (χ2v) is 21.0. The Balaban J connectivity index is 1.17. The third-order valence-electron chi connectivity index (χ3n) is 14.6. The largest absolute Gasteiger partial charge is 0.508 e. The van der Waals surface area contributed by atoms with Gasteiger partial charge < -0.3 is 97.8 Å². The van der Waals surface area contributed by atoms with Crippen LogP contribution in [0.1, 0.15) is 81.4 Å². The van der Waals surface area contributed by atoms with Crippen molar-refractivity contribution in [2.75, 3.05) is 0 Å². The van der Waals surface area contributed by atoms with Crippen LogP contribution < -0.4 is 51.8 Å². The number of nitrogens with one attached hydrogen (secondary N) is 6. The molecule has 26 nitrogen and oxygen atoms in total. The average Bonchev–Trinajstić information content (AvgIpc) is 1.28. The summed E-state index contributed by atoms with van der Waals surface area (Å²) in [4.78, 5) is 103. The molecule has 15 bridgehead atoms. The summed E-state index contributed by atoms with van der Waals surface area (Å²) in [7, 11) is 0. The minimum atomic E-state index is -2.27. The van der Waals surface area contributed by atoms with E-state index in [1.165, 1.54) is 36.4 Å². The first-order chi connectivity index (χ1) is 40.9. The number of aromatic hydroxyl groups is 6. The molecule has 0 radical (unpaired) electrons. The fourth-order valence-corrected chi connectivity index (χ4v) is 10.8. The van der Waals surface area contributed by atoms with Crippen LogP contribution in [0.2, 0.25) is 10.0 Å². The van der Waals surface area contributed by atoms with Gasteiger partial charge >= 0.3 is 5.97 Å². The maximum Gasteiger partial charge on any atom is 0.330 e. The molecule has 6 aliphatic rings. The number of carbonyl (C=O) groups excluding carboxylic acids is 6. The molecule has 86 heavy (non-hydrogen) atoms. The molecule has 6 amide bonds. The van der Waals surface area contributed by atoms with Gasteiger partial charge in [0.25, 0.3) is 0 Å². The summed E-state index contributed by atoms with van der Waals surface area (Å²) in [5.74, 6) is -16.5. The van der Waals surface area contributed by atoms with Crippen LogP contribution in [0.3, 0.4) is 0 Å². The normalized spacial score (nSPS) is 22.8. The second-order valence-electron chi connectivity index (χ2n) is 20.2. The third-order valence-corrected chi connectivity index (χ3v) is 15.2. The summed E-state index contributed by atoms with van der Waals surface area (Å²) in [5, 5.41) is 117. The van der Waals surface area contributed by atoms with Crippen molar-refractivity contribution in [1.82, 2.24) is 31.9 Å². The molecule has 7 aromatic rings. The molecular weight excluding hydrogens is 1170 g/mol. The molecule has 0 aromatic heterocycles. The zero-order chi connectivity index (χ0) is 61.3. The van der Waals surface area contributed by atoms with Gasteiger partial charge in [0, 0.05) is 28.8 Å². The second kappa shape index (κ2) is 22.2. The van der Waals surface area contributed by atoms with E-state index in [0.29, 0.717) is 0 Å². The summed E-state index contributed by atoms with van der Waals surface area (Å²) in [6, 6.07) is 5.92. The SMILES string of the molecule is NC1C(=O)NC2C(=O)NC(C(=O)NC3C(=O)NC4C(=O)NC(C(=O)NC(C(=O)O)c5cc(O)cc(O)c5-c5c(O)cccc54)C(O)c4ccc(c(Cl)c4)Oc4cc3cc(c4O)Oc3ccc(cc3Cl)C2O)c2cc(O)cc(c2)Oc2cc1ccc2O. The van der Waals surface area contributed by atoms with Crippen LogP contribution in [0, 0.1) is 0 Å². The lowest BCUT2D eigenvalue weighted by Crippen LogP contribution is -2.55. The number of ether oxygens (including phenoxy) is 3. The monoisotopic (exact) mass is 1210 g/mol. The van der Waals surface area contributed by atoms with Gasteiger partial charge in [0.05, 0.1) is 10.0 Å². The molecule has 6 aliphatic heterocycles. The van der Waals surface area contributed by atoms with E-state index < -0.39 is 170 Å². The van der Waals surface area contributed by atoms with E-state index in [1.54, 1.807) is 0 Å². The Morgan fingerprint density at radius 1 is 0.442 bits per heavy atom. The van der Waals surface area contributed by atoms with E-state index in [9.17, 15) is 65.1 Å².